The topological polar surface area (TPSA) is 43.8 Å². The molecule has 1 aromatic heterocycles. The Labute approximate surface area is 78.0 Å². The summed E-state index contributed by atoms with van der Waals surface area (Å²) in [5.74, 6) is 2.05. The third kappa shape index (κ3) is 1.10. The van der Waals surface area contributed by atoms with Crippen LogP contribution in [0.25, 0.3) is 0 Å². The highest BCUT2D eigenvalue weighted by molar-refractivity contribution is 5.17. The van der Waals surface area contributed by atoms with Crippen molar-refractivity contribution in [2.24, 2.45) is 5.73 Å². The summed E-state index contributed by atoms with van der Waals surface area (Å²) in [6.45, 7) is 1.13. The van der Waals surface area contributed by atoms with Crippen LogP contribution in [0.2, 0.25) is 0 Å². The van der Waals surface area contributed by atoms with Gasteiger partial charge in [0.25, 0.3) is 0 Å². The van der Waals surface area contributed by atoms with E-state index in [1.807, 2.05) is 6.20 Å². The summed E-state index contributed by atoms with van der Waals surface area (Å²) in [4.78, 5) is 4.49. The van der Waals surface area contributed by atoms with Crippen molar-refractivity contribution in [2.75, 3.05) is 0 Å². The van der Waals surface area contributed by atoms with Gasteiger partial charge in [-0.1, -0.05) is 0 Å². The van der Waals surface area contributed by atoms with Gasteiger partial charge in [0.05, 0.1) is 11.9 Å². The van der Waals surface area contributed by atoms with E-state index in [-0.39, 0.29) is 6.04 Å². The largest absolute Gasteiger partial charge is 0.330 e. The summed E-state index contributed by atoms with van der Waals surface area (Å²) < 4.78 is 2.35. The van der Waals surface area contributed by atoms with Gasteiger partial charge in [0, 0.05) is 18.5 Å². The van der Waals surface area contributed by atoms with Crippen LogP contribution in [0.3, 0.4) is 0 Å². The van der Waals surface area contributed by atoms with E-state index in [4.69, 9.17) is 5.73 Å². The summed E-state index contributed by atoms with van der Waals surface area (Å²) in [7, 11) is 0. The molecule has 0 amide bonds. The average molecular weight is 177 g/mol. The van der Waals surface area contributed by atoms with Crippen LogP contribution in [0.5, 0.6) is 0 Å². The molecule has 1 aromatic rings. The van der Waals surface area contributed by atoms with Crippen LogP contribution >= 0.6 is 0 Å². The molecule has 1 unspecified atom stereocenters. The minimum absolute atomic E-state index is 0.230. The van der Waals surface area contributed by atoms with Gasteiger partial charge >= 0.3 is 0 Å². The molecule has 1 aliphatic heterocycles. The molecule has 0 spiro atoms. The number of hydrogen-bond acceptors (Lipinski definition) is 2. The molecule has 3 heteroatoms. The first kappa shape index (κ1) is 7.56. The Balaban J connectivity index is 2.04. The summed E-state index contributed by atoms with van der Waals surface area (Å²) in [6, 6.07) is 0.230. The zero-order valence-corrected chi connectivity index (χ0v) is 7.74. The van der Waals surface area contributed by atoms with E-state index >= 15 is 0 Å². The molecular formula is C10H15N3. The van der Waals surface area contributed by atoms with Gasteiger partial charge in [-0.15, -0.1) is 0 Å². The number of hydrogen-bond donors (Lipinski definition) is 1. The van der Waals surface area contributed by atoms with Crippen LogP contribution in [0.15, 0.2) is 6.20 Å². The lowest BCUT2D eigenvalue weighted by molar-refractivity contribution is 0.452. The van der Waals surface area contributed by atoms with Crippen LogP contribution in [-0.2, 0) is 6.54 Å². The lowest BCUT2D eigenvalue weighted by Crippen LogP contribution is -2.22. The van der Waals surface area contributed by atoms with Crippen molar-refractivity contribution in [3.8, 4) is 0 Å². The van der Waals surface area contributed by atoms with Gasteiger partial charge in [0.1, 0.15) is 5.82 Å². The van der Waals surface area contributed by atoms with Crippen LogP contribution in [0.4, 0.5) is 0 Å². The van der Waals surface area contributed by atoms with Gasteiger partial charge in [-0.3, -0.25) is 0 Å². The SMILES string of the molecule is NC1CCCn2c1cnc2C1CC1. The van der Waals surface area contributed by atoms with Crippen molar-refractivity contribution in [3.63, 3.8) is 0 Å². The van der Waals surface area contributed by atoms with E-state index in [2.05, 4.69) is 9.55 Å². The summed E-state index contributed by atoms with van der Waals surface area (Å²) >= 11 is 0. The zero-order chi connectivity index (χ0) is 8.84. The predicted octanol–water partition coefficient (Wildman–Crippen LogP) is 1.55. The Kier molecular flexibility index (Phi) is 1.50. The fourth-order valence-corrected chi connectivity index (χ4v) is 2.23. The normalized spacial score (nSPS) is 27.3. The van der Waals surface area contributed by atoms with Gasteiger partial charge < -0.3 is 10.3 Å². The van der Waals surface area contributed by atoms with Crippen molar-refractivity contribution in [1.29, 1.82) is 0 Å². The zero-order valence-electron chi connectivity index (χ0n) is 7.74. The second kappa shape index (κ2) is 2.58. The maximum atomic E-state index is 6.02. The second-order valence-corrected chi connectivity index (χ2v) is 4.22. The van der Waals surface area contributed by atoms with Crippen molar-refractivity contribution in [1.82, 2.24) is 9.55 Å². The van der Waals surface area contributed by atoms with Crippen LogP contribution < -0.4 is 5.73 Å². The van der Waals surface area contributed by atoms with Crippen LogP contribution in [-0.4, -0.2) is 9.55 Å². The van der Waals surface area contributed by atoms with Crippen LogP contribution in [0, 0.1) is 0 Å². The summed E-state index contributed by atoms with van der Waals surface area (Å²) in [5.41, 5.74) is 7.28. The molecule has 70 valence electrons. The number of rotatable bonds is 1. The number of imidazole rings is 1. The van der Waals surface area contributed by atoms with E-state index in [0.29, 0.717) is 0 Å². The molecule has 1 atom stereocenters. The van der Waals surface area contributed by atoms with Gasteiger partial charge in [0.2, 0.25) is 0 Å². The third-order valence-corrected chi connectivity index (χ3v) is 3.14. The average Bonchev–Trinajstić information content (AvgIpc) is 2.87. The minimum atomic E-state index is 0.230. The first-order chi connectivity index (χ1) is 6.36. The van der Waals surface area contributed by atoms with Gasteiger partial charge in [-0.25, -0.2) is 4.98 Å². The van der Waals surface area contributed by atoms with Gasteiger partial charge in [0.15, 0.2) is 0 Å². The molecule has 3 rings (SSSR count). The quantitative estimate of drug-likeness (QED) is 0.707. The minimum Gasteiger partial charge on any atom is -0.330 e. The van der Waals surface area contributed by atoms with E-state index in [1.165, 1.54) is 30.8 Å². The number of aromatic nitrogens is 2. The molecule has 0 bridgehead atoms. The Bertz CT molecular complexity index is 311. The Hall–Kier alpha value is -0.830. The maximum absolute atomic E-state index is 6.02. The summed E-state index contributed by atoms with van der Waals surface area (Å²) in [5, 5.41) is 0. The number of nitrogens with two attached hydrogens (primary N) is 1. The van der Waals surface area contributed by atoms with E-state index in [1.54, 1.807) is 0 Å². The molecule has 2 N–H and O–H groups in total. The Morgan fingerprint density at radius 1 is 1.38 bits per heavy atom. The summed E-state index contributed by atoms with van der Waals surface area (Å²) in [6.07, 6.45) is 6.97. The monoisotopic (exact) mass is 177 g/mol. The number of fused-ring (bicyclic) bond motifs is 1. The number of nitrogens with zero attached hydrogens (tertiary/aromatic N) is 2. The first-order valence-electron chi connectivity index (χ1n) is 5.17. The molecule has 0 aromatic carbocycles. The van der Waals surface area contributed by atoms with Crippen molar-refractivity contribution in [3.05, 3.63) is 17.7 Å². The molecule has 2 aliphatic rings. The highest BCUT2D eigenvalue weighted by atomic mass is 15.1. The molecule has 1 fully saturated rings. The standard InChI is InChI=1S/C10H15N3/c11-8-2-1-5-13-9(8)6-12-10(13)7-3-4-7/h6-8H,1-5,11H2. The lowest BCUT2D eigenvalue weighted by Gasteiger charge is -2.21. The first-order valence-corrected chi connectivity index (χ1v) is 5.17. The highest BCUT2D eigenvalue weighted by Gasteiger charge is 2.31. The van der Waals surface area contributed by atoms with E-state index in [0.717, 1.165) is 18.9 Å². The molecular weight excluding hydrogens is 162 g/mol. The second-order valence-electron chi connectivity index (χ2n) is 4.22. The van der Waals surface area contributed by atoms with Crippen LogP contribution in [0.1, 0.15) is 49.2 Å². The maximum Gasteiger partial charge on any atom is 0.112 e. The van der Waals surface area contributed by atoms with E-state index < -0.39 is 0 Å². The fraction of sp³-hybridized carbons (Fsp3) is 0.700. The smallest absolute Gasteiger partial charge is 0.112 e. The third-order valence-electron chi connectivity index (χ3n) is 3.14. The highest BCUT2D eigenvalue weighted by Crippen LogP contribution is 2.41. The fourth-order valence-electron chi connectivity index (χ4n) is 2.23. The molecule has 13 heavy (non-hydrogen) atoms. The lowest BCUT2D eigenvalue weighted by atomic mass is 10.1. The van der Waals surface area contributed by atoms with Crippen molar-refractivity contribution >= 4 is 0 Å². The Morgan fingerprint density at radius 3 is 3.00 bits per heavy atom. The van der Waals surface area contributed by atoms with Gasteiger partial charge in [-0.05, 0) is 25.7 Å². The molecule has 0 saturated heterocycles. The molecule has 1 saturated carbocycles. The van der Waals surface area contributed by atoms with E-state index in [9.17, 15) is 0 Å². The van der Waals surface area contributed by atoms with Gasteiger partial charge in [-0.2, -0.15) is 0 Å². The molecule has 1 aliphatic carbocycles. The molecule has 0 radical (unpaired) electrons. The predicted molar refractivity (Wildman–Crippen MR) is 50.4 cm³/mol. The molecule has 2 heterocycles. The van der Waals surface area contributed by atoms with Crippen molar-refractivity contribution in [2.45, 2.75) is 44.2 Å². The Morgan fingerprint density at radius 2 is 2.23 bits per heavy atom. The van der Waals surface area contributed by atoms with Crippen molar-refractivity contribution < 1.29 is 0 Å². The molecule has 3 nitrogen and oxygen atoms in total.